The molecule has 2 nitrogen and oxygen atoms in total. The summed E-state index contributed by atoms with van der Waals surface area (Å²) in [5, 5.41) is 0. The standard InChI is InChI=1S/C8H14O.C5H11N/c1-3-4-5-6-7-8(2)9;1-2-3-4-5-6/h3H,1,4-7H2,2H3;2H,1,3-6H2. The van der Waals surface area contributed by atoms with Gasteiger partial charge in [-0.3, -0.25) is 0 Å². The maximum absolute atomic E-state index is 10.4. The summed E-state index contributed by atoms with van der Waals surface area (Å²) >= 11 is 0. The molecule has 0 aromatic carbocycles. The number of nitrogens with two attached hydrogens (primary N) is 1. The van der Waals surface area contributed by atoms with E-state index in [9.17, 15) is 4.79 Å². The Morgan fingerprint density at radius 3 is 2.00 bits per heavy atom. The number of ketones is 1. The Bertz CT molecular complexity index is 164. The summed E-state index contributed by atoms with van der Waals surface area (Å²) in [4.78, 5) is 10.4. The largest absolute Gasteiger partial charge is 0.330 e. The third kappa shape index (κ3) is 24.6. The molecule has 88 valence electrons. The number of rotatable bonds is 8. The van der Waals surface area contributed by atoms with Crippen molar-refractivity contribution < 1.29 is 4.79 Å². The molecule has 0 aliphatic carbocycles. The summed E-state index contributed by atoms with van der Waals surface area (Å²) < 4.78 is 0. The van der Waals surface area contributed by atoms with Gasteiger partial charge in [-0.2, -0.15) is 0 Å². The third-order valence-electron chi connectivity index (χ3n) is 1.80. The lowest BCUT2D eigenvalue weighted by Gasteiger charge is -1.91. The monoisotopic (exact) mass is 211 g/mol. The number of carbonyl (C=O) groups is 1. The van der Waals surface area contributed by atoms with E-state index in [-0.39, 0.29) is 0 Å². The zero-order chi connectivity index (χ0) is 11.9. The van der Waals surface area contributed by atoms with Crippen molar-refractivity contribution >= 4 is 5.78 Å². The first kappa shape index (κ1) is 16.5. The molecule has 0 fully saturated rings. The average Bonchev–Trinajstić information content (AvgIpc) is 2.22. The van der Waals surface area contributed by atoms with E-state index in [1.54, 1.807) is 6.92 Å². The minimum Gasteiger partial charge on any atom is -0.330 e. The Balaban J connectivity index is 0. The van der Waals surface area contributed by atoms with Crippen LogP contribution in [0.15, 0.2) is 25.3 Å². The molecule has 0 heterocycles. The van der Waals surface area contributed by atoms with E-state index in [1.807, 2.05) is 12.2 Å². The van der Waals surface area contributed by atoms with Gasteiger partial charge in [0.25, 0.3) is 0 Å². The van der Waals surface area contributed by atoms with Gasteiger partial charge in [-0.1, -0.05) is 12.2 Å². The molecular formula is C13H25NO. The van der Waals surface area contributed by atoms with Crippen LogP contribution in [0, 0.1) is 0 Å². The van der Waals surface area contributed by atoms with Gasteiger partial charge in [0.1, 0.15) is 5.78 Å². The van der Waals surface area contributed by atoms with Crippen LogP contribution in [0.4, 0.5) is 0 Å². The molecule has 0 aliphatic heterocycles. The highest BCUT2D eigenvalue weighted by Gasteiger charge is 1.90. The highest BCUT2D eigenvalue weighted by Crippen LogP contribution is 1.99. The van der Waals surface area contributed by atoms with Gasteiger partial charge in [0.2, 0.25) is 0 Å². The first-order valence-electron chi connectivity index (χ1n) is 5.60. The van der Waals surface area contributed by atoms with Crippen molar-refractivity contribution in [3.63, 3.8) is 0 Å². The second kappa shape index (κ2) is 15.6. The molecule has 0 amide bonds. The van der Waals surface area contributed by atoms with Crippen molar-refractivity contribution in [1.82, 2.24) is 0 Å². The fourth-order valence-corrected chi connectivity index (χ4v) is 0.925. The number of allylic oxidation sites excluding steroid dienone is 2. The maximum Gasteiger partial charge on any atom is 0.129 e. The molecule has 0 aliphatic rings. The lowest BCUT2D eigenvalue weighted by Crippen LogP contribution is -1.96. The Hall–Kier alpha value is -0.890. The predicted molar refractivity (Wildman–Crippen MR) is 67.8 cm³/mol. The Morgan fingerprint density at radius 1 is 1.13 bits per heavy atom. The van der Waals surface area contributed by atoms with Gasteiger partial charge in [-0.25, -0.2) is 0 Å². The molecule has 0 aromatic heterocycles. The molecule has 0 aromatic rings. The number of carbonyl (C=O) groups excluding carboxylic acids is 1. The molecular weight excluding hydrogens is 186 g/mol. The van der Waals surface area contributed by atoms with Crippen molar-refractivity contribution in [3.05, 3.63) is 25.3 Å². The van der Waals surface area contributed by atoms with Gasteiger partial charge < -0.3 is 10.5 Å². The fraction of sp³-hybridized carbons (Fsp3) is 0.615. The Morgan fingerprint density at radius 2 is 1.67 bits per heavy atom. The van der Waals surface area contributed by atoms with E-state index in [1.165, 1.54) is 0 Å². The zero-order valence-corrected chi connectivity index (χ0v) is 10.0. The number of hydrogen-bond acceptors (Lipinski definition) is 2. The molecule has 0 spiro atoms. The molecule has 0 radical (unpaired) electrons. The van der Waals surface area contributed by atoms with Gasteiger partial charge in [0.05, 0.1) is 0 Å². The molecule has 2 heteroatoms. The lowest BCUT2D eigenvalue weighted by atomic mass is 10.1. The van der Waals surface area contributed by atoms with Crippen LogP contribution >= 0.6 is 0 Å². The van der Waals surface area contributed by atoms with Crippen LogP contribution in [0.3, 0.4) is 0 Å². The van der Waals surface area contributed by atoms with E-state index in [0.717, 1.165) is 45.1 Å². The molecule has 15 heavy (non-hydrogen) atoms. The van der Waals surface area contributed by atoms with E-state index in [4.69, 9.17) is 5.73 Å². The molecule has 0 atom stereocenters. The summed E-state index contributed by atoms with van der Waals surface area (Å²) in [6.45, 7) is 9.55. The van der Waals surface area contributed by atoms with Crippen LogP contribution in [0.2, 0.25) is 0 Å². The zero-order valence-electron chi connectivity index (χ0n) is 10.0. The van der Waals surface area contributed by atoms with Crippen molar-refractivity contribution in [2.45, 2.75) is 45.4 Å². The Labute approximate surface area is 94.2 Å². The second-order valence-electron chi connectivity index (χ2n) is 3.46. The summed E-state index contributed by atoms with van der Waals surface area (Å²) in [5.41, 5.74) is 5.17. The summed E-state index contributed by atoms with van der Waals surface area (Å²) in [6, 6.07) is 0. The summed E-state index contributed by atoms with van der Waals surface area (Å²) in [6.07, 6.45) is 9.78. The molecule has 0 saturated carbocycles. The lowest BCUT2D eigenvalue weighted by molar-refractivity contribution is -0.117. The smallest absolute Gasteiger partial charge is 0.129 e. The molecule has 0 unspecified atom stereocenters. The van der Waals surface area contributed by atoms with Crippen LogP contribution in [0.5, 0.6) is 0 Å². The first-order chi connectivity index (χ1) is 7.18. The number of unbranched alkanes of at least 4 members (excludes halogenated alkanes) is 3. The predicted octanol–water partition coefficient (Wildman–Crippen LogP) is 3.23. The molecule has 0 saturated heterocycles. The number of hydrogen-bond donors (Lipinski definition) is 1. The topological polar surface area (TPSA) is 43.1 Å². The van der Waals surface area contributed by atoms with Gasteiger partial charge >= 0.3 is 0 Å². The van der Waals surface area contributed by atoms with Crippen molar-refractivity contribution in [2.75, 3.05) is 6.54 Å². The Kier molecular flexibility index (Phi) is 17.2. The fourth-order valence-electron chi connectivity index (χ4n) is 0.925. The second-order valence-corrected chi connectivity index (χ2v) is 3.46. The minimum atomic E-state index is 0.291. The van der Waals surface area contributed by atoms with Gasteiger partial charge in [-0.15, -0.1) is 13.2 Å². The maximum atomic E-state index is 10.4. The summed E-state index contributed by atoms with van der Waals surface area (Å²) in [5.74, 6) is 0.291. The molecule has 0 bridgehead atoms. The van der Waals surface area contributed by atoms with Gasteiger partial charge in [-0.05, 0) is 45.6 Å². The highest BCUT2D eigenvalue weighted by atomic mass is 16.1. The van der Waals surface area contributed by atoms with E-state index in [0.29, 0.717) is 5.78 Å². The molecule has 2 N–H and O–H groups in total. The number of Topliss-reactive ketones (excluding diaryl/α,β-unsaturated/α-hetero) is 1. The van der Waals surface area contributed by atoms with E-state index >= 15 is 0 Å². The average molecular weight is 211 g/mol. The normalized spacial score (nSPS) is 8.67. The minimum absolute atomic E-state index is 0.291. The third-order valence-corrected chi connectivity index (χ3v) is 1.80. The molecule has 0 rings (SSSR count). The van der Waals surface area contributed by atoms with Crippen molar-refractivity contribution in [2.24, 2.45) is 5.73 Å². The van der Waals surface area contributed by atoms with E-state index < -0.39 is 0 Å². The van der Waals surface area contributed by atoms with Crippen LogP contribution in [-0.4, -0.2) is 12.3 Å². The van der Waals surface area contributed by atoms with Crippen LogP contribution < -0.4 is 5.73 Å². The quantitative estimate of drug-likeness (QED) is 0.495. The van der Waals surface area contributed by atoms with Crippen molar-refractivity contribution in [1.29, 1.82) is 0 Å². The van der Waals surface area contributed by atoms with Crippen LogP contribution in [-0.2, 0) is 4.79 Å². The summed E-state index contributed by atoms with van der Waals surface area (Å²) in [7, 11) is 0. The van der Waals surface area contributed by atoms with Crippen LogP contribution in [0.25, 0.3) is 0 Å². The highest BCUT2D eigenvalue weighted by molar-refractivity contribution is 5.75. The van der Waals surface area contributed by atoms with Crippen LogP contribution in [0.1, 0.15) is 45.4 Å². The first-order valence-corrected chi connectivity index (χ1v) is 5.60. The van der Waals surface area contributed by atoms with E-state index in [2.05, 4.69) is 13.2 Å². The van der Waals surface area contributed by atoms with Gasteiger partial charge in [0.15, 0.2) is 0 Å². The van der Waals surface area contributed by atoms with Gasteiger partial charge in [0, 0.05) is 6.42 Å². The van der Waals surface area contributed by atoms with Crippen molar-refractivity contribution in [3.8, 4) is 0 Å². The SMILES string of the molecule is C=CCCCCC(C)=O.C=CCCCN.